The lowest BCUT2D eigenvalue weighted by atomic mass is 10.0. The number of carbonyl (C=O) groups excluding carboxylic acids is 1. The first-order valence-electron chi connectivity index (χ1n) is 3.41. The second-order valence-electron chi connectivity index (χ2n) is 2.97. The van der Waals surface area contributed by atoms with Crippen molar-refractivity contribution in [2.45, 2.75) is 0 Å². The quantitative estimate of drug-likeness (QED) is 0.583. The van der Waals surface area contributed by atoms with Crippen molar-refractivity contribution in [3.8, 4) is 0 Å². The highest BCUT2D eigenvalue weighted by atomic mass is 32.2. The lowest BCUT2D eigenvalue weighted by molar-refractivity contribution is -0.122. The molecule has 4 nitrogen and oxygen atoms in total. The van der Waals surface area contributed by atoms with Crippen LogP contribution in [0.3, 0.4) is 0 Å². The van der Waals surface area contributed by atoms with E-state index >= 15 is 0 Å². The van der Waals surface area contributed by atoms with Gasteiger partial charge in [0, 0.05) is 35.3 Å². The molecule has 1 aliphatic heterocycles. The van der Waals surface area contributed by atoms with E-state index in [1.807, 2.05) is 0 Å². The minimum absolute atomic E-state index is 0.0317. The van der Waals surface area contributed by atoms with Gasteiger partial charge in [-0.25, -0.2) is 4.21 Å². The van der Waals surface area contributed by atoms with Crippen LogP contribution in [-0.2, 0) is 14.5 Å². The molecule has 1 fully saturated rings. The van der Waals surface area contributed by atoms with Crippen LogP contribution in [0, 0.1) is 5.92 Å². The van der Waals surface area contributed by atoms with Crippen LogP contribution in [0.1, 0.15) is 0 Å². The molecule has 1 N–H and O–H groups in total. The predicted molar refractivity (Wildman–Crippen MR) is 43.8 cm³/mol. The Morgan fingerprint density at radius 2 is 2.09 bits per heavy atom. The Bertz CT molecular complexity index is 266. The number of nitrogens with zero attached hydrogens (tertiary/aromatic N) is 1. The summed E-state index contributed by atoms with van der Waals surface area (Å²) < 4.78 is 14.6. The first-order chi connectivity index (χ1) is 4.99. The van der Waals surface area contributed by atoms with Crippen LogP contribution >= 0.6 is 0 Å². The van der Waals surface area contributed by atoms with Gasteiger partial charge in [-0.3, -0.25) is 4.79 Å². The van der Waals surface area contributed by atoms with Crippen molar-refractivity contribution in [1.82, 2.24) is 5.32 Å². The smallest absolute Gasteiger partial charge is 0.259 e. The average Bonchev–Trinajstić information content (AvgIpc) is 1.50. The Balaban J connectivity index is 2.63. The predicted octanol–water partition coefficient (Wildman–Crippen LogP) is -0.540. The Hall–Kier alpha value is -0.420. The normalized spacial score (nSPS) is 19.1. The third kappa shape index (κ3) is 2.59. The molecule has 1 amide bonds. The zero-order valence-electron chi connectivity index (χ0n) is 6.66. The minimum atomic E-state index is -2.25. The number of hydrogen-bond donors (Lipinski definition) is 1. The molecule has 0 aromatic carbocycles. The van der Waals surface area contributed by atoms with E-state index in [0.29, 0.717) is 13.1 Å². The van der Waals surface area contributed by atoms with Crippen LogP contribution in [0.4, 0.5) is 0 Å². The van der Waals surface area contributed by atoms with Crippen LogP contribution in [0.25, 0.3) is 0 Å². The Morgan fingerprint density at radius 1 is 1.55 bits per heavy atom. The van der Waals surface area contributed by atoms with E-state index in [9.17, 15) is 9.00 Å². The van der Waals surface area contributed by atoms with Gasteiger partial charge in [0.25, 0.3) is 5.91 Å². The van der Waals surface area contributed by atoms with Crippen LogP contribution in [0.15, 0.2) is 4.36 Å². The second-order valence-corrected chi connectivity index (χ2v) is 5.51. The standard InChI is InChI=1S/C6H12N2O2S/c1-11(2,10)8-6(9)5-3-7-4-5/h5,7H,3-4H2,1-2H3. The summed E-state index contributed by atoms with van der Waals surface area (Å²) in [6.45, 7) is 1.36. The van der Waals surface area contributed by atoms with E-state index in [1.54, 1.807) is 0 Å². The largest absolute Gasteiger partial charge is 0.315 e. The van der Waals surface area contributed by atoms with Gasteiger partial charge in [0.15, 0.2) is 0 Å². The molecule has 0 unspecified atom stereocenters. The lowest BCUT2D eigenvalue weighted by Gasteiger charge is -2.23. The summed E-state index contributed by atoms with van der Waals surface area (Å²) in [5.41, 5.74) is 0. The summed E-state index contributed by atoms with van der Waals surface area (Å²) in [4.78, 5) is 11.1. The molecule has 0 radical (unpaired) electrons. The van der Waals surface area contributed by atoms with E-state index < -0.39 is 9.73 Å². The van der Waals surface area contributed by atoms with Crippen molar-refractivity contribution in [3.05, 3.63) is 0 Å². The highest BCUT2D eigenvalue weighted by Gasteiger charge is 2.24. The van der Waals surface area contributed by atoms with E-state index in [2.05, 4.69) is 9.68 Å². The maximum atomic E-state index is 11.1. The summed E-state index contributed by atoms with van der Waals surface area (Å²) in [5, 5.41) is 2.95. The summed E-state index contributed by atoms with van der Waals surface area (Å²) in [6.07, 6.45) is 2.94. The fourth-order valence-electron chi connectivity index (χ4n) is 0.755. The van der Waals surface area contributed by atoms with Crippen molar-refractivity contribution in [2.75, 3.05) is 25.6 Å². The first-order valence-corrected chi connectivity index (χ1v) is 5.74. The van der Waals surface area contributed by atoms with Gasteiger partial charge in [-0.2, -0.15) is 4.36 Å². The van der Waals surface area contributed by atoms with Gasteiger partial charge < -0.3 is 5.32 Å². The van der Waals surface area contributed by atoms with Crippen molar-refractivity contribution >= 4 is 15.6 Å². The molecule has 5 heteroatoms. The number of amides is 1. The summed E-state index contributed by atoms with van der Waals surface area (Å²) in [6, 6.07) is 0. The zero-order chi connectivity index (χ0) is 8.48. The average molecular weight is 176 g/mol. The third-order valence-electron chi connectivity index (χ3n) is 1.44. The molecule has 0 atom stereocenters. The molecule has 0 aromatic heterocycles. The number of carbonyl (C=O) groups is 1. The molecule has 1 heterocycles. The fraction of sp³-hybridized carbons (Fsp3) is 0.833. The van der Waals surface area contributed by atoms with Gasteiger partial charge in [0.05, 0.1) is 5.92 Å². The Labute approximate surface area is 66.5 Å². The number of hydrogen-bond acceptors (Lipinski definition) is 3. The van der Waals surface area contributed by atoms with E-state index in [0.717, 1.165) is 0 Å². The number of rotatable bonds is 1. The van der Waals surface area contributed by atoms with Gasteiger partial charge in [-0.15, -0.1) is 0 Å². The molecule has 1 saturated heterocycles. The second kappa shape index (κ2) is 2.91. The van der Waals surface area contributed by atoms with E-state index in [1.165, 1.54) is 12.5 Å². The van der Waals surface area contributed by atoms with Crippen LogP contribution in [-0.4, -0.2) is 35.7 Å². The molecular formula is C6H12N2O2S. The van der Waals surface area contributed by atoms with Crippen molar-refractivity contribution in [3.63, 3.8) is 0 Å². The zero-order valence-corrected chi connectivity index (χ0v) is 7.48. The maximum absolute atomic E-state index is 11.1. The fourth-order valence-corrected chi connectivity index (χ4v) is 1.34. The van der Waals surface area contributed by atoms with Crippen LogP contribution in [0.2, 0.25) is 0 Å². The molecule has 0 aromatic rings. The Morgan fingerprint density at radius 3 is 2.36 bits per heavy atom. The summed E-state index contributed by atoms with van der Waals surface area (Å²) >= 11 is 0. The van der Waals surface area contributed by atoms with Gasteiger partial charge in [-0.1, -0.05) is 0 Å². The highest BCUT2D eigenvalue weighted by Crippen LogP contribution is 2.05. The molecule has 64 valence electrons. The summed E-state index contributed by atoms with van der Waals surface area (Å²) in [7, 11) is -2.25. The highest BCUT2D eigenvalue weighted by molar-refractivity contribution is 7.92. The molecule has 0 saturated carbocycles. The topological polar surface area (TPSA) is 58.5 Å². The summed E-state index contributed by atoms with van der Waals surface area (Å²) in [5.74, 6) is -0.255. The number of nitrogens with one attached hydrogen (secondary N) is 1. The van der Waals surface area contributed by atoms with Crippen molar-refractivity contribution in [2.24, 2.45) is 10.3 Å². The molecule has 11 heavy (non-hydrogen) atoms. The third-order valence-corrected chi connectivity index (χ3v) is 2.06. The van der Waals surface area contributed by atoms with Gasteiger partial charge in [0.1, 0.15) is 0 Å². The first kappa shape index (κ1) is 8.67. The van der Waals surface area contributed by atoms with Gasteiger partial charge >= 0.3 is 0 Å². The van der Waals surface area contributed by atoms with E-state index in [4.69, 9.17) is 0 Å². The van der Waals surface area contributed by atoms with E-state index in [-0.39, 0.29) is 11.8 Å². The van der Waals surface area contributed by atoms with Crippen molar-refractivity contribution in [1.29, 1.82) is 0 Å². The molecule has 1 aliphatic rings. The molecular weight excluding hydrogens is 164 g/mol. The molecule has 0 bridgehead atoms. The lowest BCUT2D eigenvalue weighted by Crippen LogP contribution is -2.46. The molecule has 1 rings (SSSR count). The minimum Gasteiger partial charge on any atom is -0.315 e. The SMILES string of the molecule is CS(C)(=O)=NC(=O)C1CNC1. The monoisotopic (exact) mass is 176 g/mol. The van der Waals surface area contributed by atoms with Gasteiger partial charge in [0.2, 0.25) is 0 Å². The van der Waals surface area contributed by atoms with Crippen LogP contribution in [0.5, 0.6) is 0 Å². The van der Waals surface area contributed by atoms with Crippen LogP contribution < -0.4 is 5.32 Å². The van der Waals surface area contributed by atoms with Gasteiger partial charge in [-0.05, 0) is 0 Å². The van der Waals surface area contributed by atoms with Crippen molar-refractivity contribution < 1.29 is 9.00 Å². The molecule has 0 aliphatic carbocycles. The maximum Gasteiger partial charge on any atom is 0.259 e. The molecule has 0 spiro atoms. The Kier molecular flexibility index (Phi) is 2.29.